The largest absolute Gasteiger partial charge is 0.332 e. The first-order chi connectivity index (χ1) is 8.73. The molecule has 1 heterocycles. The van der Waals surface area contributed by atoms with Crippen LogP contribution in [0, 0.1) is 0 Å². The number of hydrogen-bond donors (Lipinski definition) is 0. The van der Waals surface area contributed by atoms with E-state index in [9.17, 15) is 0 Å². The average Bonchev–Trinajstić information content (AvgIpc) is 2.90. The lowest BCUT2D eigenvalue weighted by Crippen LogP contribution is -2.29. The summed E-state index contributed by atoms with van der Waals surface area (Å²) in [5.74, 6) is 0. The Hall–Kier alpha value is -0.790. The molecule has 104 valence electrons. The first-order valence-electron chi connectivity index (χ1n) is 7.71. The van der Waals surface area contributed by atoms with Crippen LogP contribution in [0.3, 0.4) is 0 Å². The van der Waals surface area contributed by atoms with Gasteiger partial charge in [0.2, 0.25) is 0 Å². The van der Waals surface area contributed by atoms with Gasteiger partial charge in [-0.3, -0.25) is 0 Å². The molecule has 0 fully saturated rings. The van der Waals surface area contributed by atoms with Crippen molar-refractivity contribution in [1.29, 1.82) is 0 Å². The van der Waals surface area contributed by atoms with E-state index in [2.05, 4.69) is 36.5 Å². The van der Waals surface area contributed by atoms with Crippen molar-refractivity contribution in [3.8, 4) is 0 Å². The lowest BCUT2D eigenvalue weighted by atomic mass is 9.88. The Bertz CT molecular complexity index is 292. The highest BCUT2D eigenvalue weighted by atomic mass is 15.1. The van der Waals surface area contributed by atoms with E-state index in [-0.39, 0.29) is 5.54 Å². The van der Waals surface area contributed by atoms with E-state index in [0.717, 1.165) is 0 Å². The molecule has 2 nitrogen and oxygen atoms in total. The lowest BCUT2D eigenvalue weighted by molar-refractivity contribution is 0.252. The van der Waals surface area contributed by atoms with Crippen LogP contribution in [0.15, 0.2) is 18.7 Å². The SMILES string of the molecule is CCCCCCCC(C)(CCCC)n1ccnc1. The third kappa shape index (κ3) is 4.83. The standard InChI is InChI=1S/C16H30N2/c1-4-6-8-9-10-12-16(3,11-7-5-2)18-14-13-17-15-18/h13-15H,4-12H2,1-3H3. The van der Waals surface area contributed by atoms with Crippen LogP contribution < -0.4 is 0 Å². The number of nitrogens with zero attached hydrogens (tertiary/aromatic N) is 2. The van der Waals surface area contributed by atoms with Crippen LogP contribution in [0.2, 0.25) is 0 Å². The van der Waals surface area contributed by atoms with Crippen molar-refractivity contribution in [2.45, 2.75) is 84.1 Å². The number of hydrogen-bond acceptors (Lipinski definition) is 1. The predicted octanol–water partition coefficient (Wildman–Crippen LogP) is 5.15. The maximum absolute atomic E-state index is 4.22. The van der Waals surface area contributed by atoms with E-state index in [1.807, 2.05) is 12.5 Å². The Balaban J connectivity index is 2.45. The van der Waals surface area contributed by atoms with Gasteiger partial charge in [-0.25, -0.2) is 4.98 Å². The normalized spacial score (nSPS) is 14.6. The second-order valence-corrected chi connectivity index (χ2v) is 5.73. The van der Waals surface area contributed by atoms with Crippen LogP contribution >= 0.6 is 0 Å². The quantitative estimate of drug-likeness (QED) is 0.525. The van der Waals surface area contributed by atoms with Crippen LogP contribution in [-0.4, -0.2) is 9.55 Å². The molecule has 2 heteroatoms. The minimum atomic E-state index is 0.277. The molecule has 0 aromatic carbocycles. The predicted molar refractivity (Wildman–Crippen MR) is 78.8 cm³/mol. The molecule has 0 radical (unpaired) electrons. The molecular formula is C16H30N2. The van der Waals surface area contributed by atoms with Crippen molar-refractivity contribution in [1.82, 2.24) is 9.55 Å². The van der Waals surface area contributed by atoms with Crippen LogP contribution in [0.5, 0.6) is 0 Å². The molecule has 0 amide bonds. The molecule has 0 aliphatic rings. The zero-order valence-electron chi connectivity index (χ0n) is 12.5. The van der Waals surface area contributed by atoms with Gasteiger partial charge in [0.1, 0.15) is 0 Å². The molecule has 0 spiro atoms. The molecular weight excluding hydrogens is 220 g/mol. The summed E-state index contributed by atoms with van der Waals surface area (Å²) in [4.78, 5) is 4.22. The zero-order chi connectivity index (χ0) is 13.3. The van der Waals surface area contributed by atoms with Gasteiger partial charge in [-0.05, 0) is 19.8 Å². The van der Waals surface area contributed by atoms with Crippen molar-refractivity contribution in [3.05, 3.63) is 18.7 Å². The van der Waals surface area contributed by atoms with Gasteiger partial charge >= 0.3 is 0 Å². The maximum Gasteiger partial charge on any atom is 0.0951 e. The van der Waals surface area contributed by atoms with Gasteiger partial charge in [-0.2, -0.15) is 0 Å². The first-order valence-corrected chi connectivity index (χ1v) is 7.71. The summed E-state index contributed by atoms with van der Waals surface area (Å²) < 4.78 is 2.32. The van der Waals surface area contributed by atoms with Crippen LogP contribution in [-0.2, 0) is 5.54 Å². The van der Waals surface area contributed by atoms with Gasteiger partial charge in [0, 0.05) is 17.9 Å². The smallest absolute Gasteiger partial charge is 0.0951 e. The summed E-state index contributed by atoms with van der Waals surface area (Å²) in [6, 6.07) is 0. The Morgan fingerprint density at radius 2 is 1.61 bits per heavy atom. The van der Waals surface area contributed by atoms with Gasteiger partial charge in [-0.1, -0.05) is 58.8 Å². The van der Waals surface area contributed by atoms with Gasteiger partial charge in [0.15, 0.2) is 0 Å². The molecule has 0 saturated carbocycles. The summed E-state index contributed by atoms with van der Waals surface area (Å²) in [5.41, 5.74) is 0.277. The van der Waals surface area contributed by atoms with E-state index in [1.54, 1.807) is 0 Å². The lowest BCUT2D eigenvalue weighted by Gasteiger charge is -2.31. The molecule has 0 aliphatic heterocycles. The van der Waals surface area contributed by atoms with Crippen molar-refractivity contribution in [2.75, 3.05) is 0 Å². The zero-order valence-corrected chi connectivity index (χ0v) is 12.5. The third-order valence-electron chi connectivity index (χ3n) is 4.02. The topological polar surface area (TPSA) is 17.8 Å². The summed E-state index contributed by atoms with van der Waals surface area (Å²) in [6.45, 7) is 6.94. The Kier molecular flexibility index (Phi) is 7.07. The van der Waals surface area contributed by atoms with Gasteiger partial charge in [-0.15, -0.1) is 0 Å². The molecule has 1 atom stereocenters. The Labute approximate surface area is 113 Å². The van der Waals surface area contributed by atoms with Crippen molar-refractivity contribution in [2.24, 2.45) is 0 Å². The summed E-state index contributed by atoms with van der Waals surface area (Å²) >= 11 is 0. The number of aromatic nitrogens is 2. The molecule has 0 aliphatic carbocycles. The highest BCUT2D eigenvalue weighted by Crippen LogP contribution is 2.29. The monoisotopic (exact) mass is 250 g/mol. The van der Waals surface area contributed by atoms with Crippen LogP contribution in [0.4, 0.5) is 0 Å². The number of rotatable bonds is 10. The summed E-state index contributed by atoms with van der Waals surface area (Å²) in [7, 11) is 0. The van der Waals surface area contributed by atoms with E-state index >= 15 is 0 Å². The molecule has 1 unspecified atom stereocenters. The van der Waals surface area contributed by atoms with Gasteiger partial charge in [0.05, 0.1) is 6.33 Å². The second kappa shape index (κ2) is 8.34. The fraction of sp³-hybridized carbons (Fsp3) is 0.812. The maximum atomic E-state index is 4.22. The van der Waals surface area contributed by atoms with E-state index < -0.39 is 0 Å². The van der Waals surface area contributed by atoms with Gasteiger partial charge in [0.25, 0.3) is 0 Å². The third-order valence-corrected chi connectivity index (χ3v) is 4.02. The molecule has 0 N–H and O–H groups in total. The van der Waals surface area contributed by atoms with Crippen molar-refractivity contribution >= 4 is 0 Å². The minimum Gasteiger partial charge on any atom is -0.332 e. The fourth-order valence-corrected chi connectivity index (χ4v) is 2.63. The second-order valence-electron chi connectivity index (χ2n) is 5.73. The van der Waals surface area contributed by atoms with E-state index in [4.69, 9.17) is 0 Å². The fourth-order valence-electron chi connectivity index (χ4n) is 2.63. The van der Waals surface area contributed by atoms with Crippen molar-refractivity contribution in [3.63, 3.8) is 0 Å². The number of imidazole rings is 1. The van der Waals surface area contributed by atoms with E-state index in [0.29, 0.717) is 0 Å². The Morgan fingerprint density at radius 3 is 2.22 bits per heavy atom. The number of unbranched alkanes of at least 4 members (excludes halogenated alkanes) is 5. The van der Waals surface area contributed by atoms with Crippen molar-refractivity contribution < 1.29 is 0 Å². The average molecular weight is 250 g/mol. The van der Waals surface area contributed by atoms with Crippen LogP contribution in [0.1, 0.15) is 78.6 Å². The molecule has 1 aromatic rings. The molecule has 0 saturated heterocycles. The van der Waals surface area contributed by atoms with Gasteiger partial charge < -0.3 is 4.57 Å². The highest BCUT2D eigenvalue weighted by molar-refractivity contribution is 4.89. The molecule has 18 heavy (non-hydrogen) atoms. The van der Waals surface area contributed by atoms with E-state index in [1.165, 1.54) is 57.8 Å². The highest BCUT2D eigenvalue weighted by Gasteiger charge is 2.24. The summed E-state index contributed by atoms with van der Waals surface area (Å²) in [6.07, 6.45) is 18.0. The molecule has 0 bridgehead atoms. The minimum absolute atomic E-state index is 0.277. The Morgan fingerprint density at radius 1 is 0.944 bits per heavy atom. The first kappa shape index (κ1) is 15.3. The molecule has 1 rings (SSSR count). The van der Waals surface area contributed by atoms with Crippen LogP contribution in [0.25, 0.3) is 0 Å². The summed E-state index contributed by atoms with van der Waals surface area (Å²) in [5, 5.41) is 0. The molecule has 1 aromatic heterocycles.